The average molecular weight is 285 g/mol. The lowest BCUT2D eigenvalue weighted by molar-refractivity contribution is -0.108. The lowest BCUT2D eigenvalue weighted by Gasteiger charge is -2.31. The Morgan fingerprint density at radius 3 is 2.71 bits per heavy atom. The minimum atomic E-state index is 0.297. The topological polar surface area (TPSA) is 37.6 Å². The lowest BCUT2D eigenvalue weighted by Crippen LogP contribution is -2.37. The molecule has 1 fully saturated rings. The zero-order chi connectivity index (χ0) is 14.8. The van der Waals surface area contributed by atoms with E-state index in [2.05, 4.69) is 18.2 Å². The molecule has 4 heteroatoms. The number of rotatable bonds is 4. The first-order valence-corrected chi connectivity index (χ1v) is 7.93. The number of amides is 1. The Labute approximate surface area is 125 Å². The third-order valence-corrected chi connectivity index (χ3v) is 4.40. The number of aromatic nitrogens is 2. The highest BCUT2D eigenvalue weighted by molar-refractivity contribution is 5.77. The van der Waals surface area contributed by atoms with E-state index >= 15 is 0 Å². The third-order valence-electron chi connectivity index (χ3n) is 4.40. The molecule has 0 aliphatic heterocycles. The highest BCUT2D eigenvalue weighted by Gasteiger charge is 2.27. The second-order valence-corrected chi connectivity index (χ2v) is 6.21. The summed E-state index contributed by atoms with van der Waals surface area (Å²) in [7, 11) is 0. The fourth-order valence-electron chi connectivity index (χ4n) is 3.31. The van der Waals surface area contributed by atoms with Crippen molar-refractivity contribution in [3.63, 3.8) is 0 Å². The van der Waals surface area contributed by atoms with E-state index in [0.29, 0.717) is 12.0 Å². The number of hydrogen-bond donors (Lipinski definition) is 0. The summed E-state index contributed by atoms with van der Waals surface area (Å²) in [5.74, 6) is 1.26. The van der Waals surface area contributed by atoms with Gasteiger partial charge in [0.05, 0.1) is 5.69 Å². The molecule has 21 heavy (non-hydrogen) atoms. The predicted molar refractivity (Wildman–Crippen MR) is 84.7 cm³/mol. The molecule has 0 atom stereocenters. The SMILES string of the molecule is CC(C)c1nc2ccccn2c1N(C=O)C1CCCCC1. The standard InChI is InChI=1S/C17H23N3O/c1-13(2)16-17(19-11-7-6-10-15(19)18-16)20(12-21)14-8-4-3-5-9-14/h6-7,10-14H,3-5,8-9H2,1-2H3. The minimum absolute atomic E-state index is 0.297. The number of imidazole rings is 1. The summed E-state index contributed by atoms with van der Waals surface area (Å²) in [6.07, 6.45) is 8.90. The van der Waals surface area contributed by atoms with Crippen LogP contribution in [0.1, 0.15) is 57.6 Å². The smallest absolute Gasteiger partial charge is 0.215 e. The maximum atomic E-state index is 11.8. The maximum absolute atomic E-state index is 11.8. The average Bonchev–Trinajstić information content (AvgIpc) is 2.89. The Morgan fingerprint density at radius 1 is 1.29 bits per heavy atom. The van der Waals surface area contributed by atoms with Crippen molar-refractivity contribution in [3.05, 3.63) is 30.1 Å². The van der Waals surface area contributed by atoms with E-state index in [1.54, 1.807) is 0 Å². The second-order valence-electron chi connectivity index (χ2n) is 6.21. The van der Waals surface area contributed by atoms with E-state index in [1.165, 1.54) is 19.3 Å². The number of carbonyl (C=O) groups is 1. The molecule has 2 aromatic rings. The summed E-state index contributed by atoms with van der Waals surface area (Å²) < 4.78 is 2.05. The summed E-state index contributed by atoms with van der Waals surface area (Å²) in [5, 5.41) is 0. The van der Waals surface area contributed by atoms with E-state index in [4.69, 9.17) is 4.98 Å². The van der Waals surface area contributed by atoms with Crippen molar-refractivity contribution in [2.45, 2.75) is 57.9 Å². The Hall–Kier alpha value is -1.84. The summed E-state index contributed by atoms with van der Waals surface area (Å²) in [6.45, 7) is 4.27. The molecule has 112 valence electrons. The van der Waals surface area contributed by atoms with Crippen molar-refractivity contribution in [2.75, 3.05) is 4.90 Å². The molecule has 0 saturated heterocycles. The molecule has 0 aromatic carbocycles. The molecule has 0 N–H and O–H groups in total. The van der Waals surface area contributed by atoms with E-state index in [0.717, 1.165) is 36.4 Å². The molecule has 0 spiro atoms. The quantitative estimate of drug-likeness (QED) is 0.802. The van der Waals surface area contributed by atoms with Gasteiger partial charge in [-0.3, -0.25) is 14.1 Å². The van der Waals surface area contributed by atoms with Crippen LogP contribution in [-0.4, -0.2) is 21.8 Å². The minimum Gasteiger partial charge on any atom is -0.296 e. The van der Waals surface area contributed by atoms with Crippen molar-refractivity contribution in [2.24, 2.45) is 0 Å². The van der Waals surface area contributed by atoms with E-state index in [9.17, 15) is 4.79 Å². The van der Waals surface area contributed by atoms with Gasteiger partial charge in [0, 0.05) is 12.2 Å². The molecule has 1 saturated carbocycles. The van der Waals surface area contributed by atoms with Gasteiger partial charge in [0.2, 0.25) is 6.41 Å². The molecule has 1 aliphatic carbocycles. The summed E-state index contributed by atoms with van der Waals surface area (Å²) in [6, 6.07) is 6.29. The predicted octanol–water partition coefficient (Wildman–Crippen LogP) is 3.75. The number of carbonyl (C=O) groups excluding carboxylic acids is 1. The van der Waals surface area contributed by atoms with Gasteiger partial charge >= 0.3 is 0 Å². The summed E-state index contributed by atoms with van der Waals surface area (Å²) in [4.78, 5) is 18.5. The van der Waals surface area contributed by atoms with Gasteiger partial charge in [-0.15, -0.1) is 0 Å². The van der Waals surface area contributed by atoms with Crippen LogP contribution in [0.3, 0.4) is 0 Å². The van der Waals surface area contributed by atoms with Crippen LogP contribution in [0.25, 0.3) is 5.65 Å². The van der Waals surface area contributed by atoms with Crippen LogP contribution >= 0.6 is 0 Å². The normalized spacial score (nSPS) is 16.5. The van der Waals surface area contributed by atoms with Gasteiger partial charge < -0.3 is 0 Å². The summed E-state index contributed by atoms with van der Waals surface area (Å²) >= 11 is 0. The van der Waals surface area contributed by atoms with Crippen molar-refractivity contribution in [3.8, 4) is 0 Å². The molecular formula is C17H23N3O. The monoisotopic (exact) mass is 285 g/mol. The van der Waals surface area contributed by atoms with Gasteiger partial charge in [-0.05, 0) is 30.9 Å². The number of fused-ring (bicyclic) bond motifs is 1. The molecule has 1 aliphatic rings. The Balaban J connectivity index is 2.11. The van der Waals surface area contributed by atoms with Crippen LogP contribution in [0.2, 0.25) is 0 Å². The highest BCUT2D eigenvalue weighted by atomic mass is 16.1. The zero-order valence-corrected chi connectivity index (χ0v) is 12.8. The van der Waals surface area contributed by atoms with Crippen LogP contribution in [0.4, 0.5) is 5.82 Å². The zero-order valence-electron chi connectivity index (χ0n) is 12.8. The van der Waals surface area contributed by atoms with Crippen molar-refractivity contribution in [1.82, 2.24) is 9.38 Å². The fraction of sp³-hybridized carbons (Fsp3) is 0.529. The Bertz CT molecular complexity index is 626. The molecule has 2 heterocycles. The molecule has 0 radical (unpaired) electrons. The Kier molecular flexibility index (Phi) is 3.95. The van der Waals surface area contributed by atoms with Gasteiger partial charge in [-0.2, -0.15) is 0 Å². The maximum Gasteiger partial charge on any atom is 0.215 e. The first-order valence-electron chi connectivity index (χ1n) is 7.93. The van der Waals surface area contributed by atoms with Crippen molar-refractivity contribution >= 4 is 17.9 Å². The molecule has 0 unspecified atom stereocenters. The van der Waals surface area contributed by atoms with Crippen molar-refractivity contribution in [1.29, 1.82) is 0 Å². The van der Waals surface area contributed by atoms with Gasteiger partial charge in [0.25, 0.3) is 0 Å². The first kappa shape index (κ1) is 14.1. The van der Waals surface area contributed by atoms with E-state index in [-0.39, 0.29) is 0 Å². The number of pyridine rings is 1. The van der Waals surface area contributed by atoms with Crippen LogP contribution in [-0.2, 0) is 4.79 Å². The van der Waals surface area contributed by atoms with Gasteiger partial charge in [0.15, 0.2) is 0 Å². The third kappa shape index (κ3) is 2.55. The summed E-state index contributed by atoms with van der Waals surface area (Å²) in [5.41, 5.74) is 1.93. The van der Waals surface area contributed by atoms with E-state index < -0.39 is 0 Å². The van der Waals surface area contributed by atoms with Crippen LogP contribution in [0.15, 0.2) is 24.4 Å². The lowest BCUT2D eigenvalue weighted by atomic mass is 9.94. The molecule has 2 aromatic heterocycles. The van der Waals surface area contributed by atoms with Gasteiger partial charge in [0.1, 0.15) is 11.5 Å². The largest absolute Gasteiger partial charge is 0.296 e. The first-order chi connectivity index (χ1) is 10.2. The number of nitrogens with zero attached hydrogens (tertiary/aromatic N) is 3. The number of anilines is 1. The molecule has 1 amide bonds. The van der Waals surface area contributed by atoms with Crippen LogP contribution in [0, 0.1) is 0 Å². The van der Waals surface area contributed by atoms with Gasteiger partial charge in [-0.25, -0.2) is 4.98 Å². The molecule has 0 bridgehead atoms. The van der Waals surface area contributed by atoms with Crippen molar-refractivity contribution < 1.29 is 4.79 Å². The Morgan fingerprint density at radius 2 is 2.05 bits per heavy atom. The second kappa shape index (κ2) is 5.88. The molecule has 4 nitrogen and oxygen atoms in total. The van der Waals surface area contributed by atoms with E-state index in [1.807, 2.05) is 29.3 Å². The number of hydrogen-bond acceptors (Lipinski definition) is 2. The van der Waals surface area contributed by atoms with Crippen LogP contribution < -0.4 is 4.90 Å². The molecule has 3 rings (SSSR count). The van der Waals surface area contributed by atoms with Gasteiger partial charge in [-0.1, -0.05) is 39.2 Å². The highest BCUT2D eigenvalue weighted by Crippen LogP contribution is 2.32. The molecular weight excluding hydrogens is 262 g/mol. The fourth-order valence-corrected chi connectivity index (χ4v) is 3.31. The van der Waals surface area contributed by atoms with Crippen LogP contribution in [0.5, 0.6) is 0 Å².